The van der Waals surface area contributed by atoms with Crippen LogP contribution in [0.25, 0.3) is 5.57 Å². The van der Waals surface area contributed by atoms with Gasteiger partial charge < -0.3 is 15.4 Å². The van der Waals surface area contributed by atoms with Gasteiger partial charge in [0, 0.05) is 35.6 Å². The highest BCUT2D eigenvalue weighted by Gasteiger charge is 2.25. The van der Waals surface area contributed by atoms with Crippen molar-refractivity contribution in [2.45, 2.75) is 45.6 Å². The van der Waals surface area contributed by atoms with Crippen LogP contribution in [0.2, 0.25) is 0 Å². The first-order valence-corrected chi connectivity index (χ1v) is 12.0. The Morgan fingerprint density at radius 3 is 2.67 bits per heavy atom. The van der Waals surface area contributed by atoms with Gasteiger partial charge in [-0.15, -0.1) is 0 Å². The lowest BCUT2D eigenvalue weighted by molar-refractivity contribution is -0.110. The van der Waals surface area contributed by atoms with Crippen molar-refractivity contribution in [3.05, 3.63) is 65.2 Å². The summed E-state index contributed by atoms with van der Waals surface area (Å²) in [7, 11) is 0. The molecule has 1 saturated heterocycles. The molecule has 2 N–H and O–H groups in total. The van der Waals surface area contributed by atoms with E-state index in [2.05, 4.69) is 39.8 Å². The molecule has 0 spiro atoms. The number of unbranched alkanes of at least 4 members (excludes halogenated alkanes) is 1. The number of hydrogen-bond acceptors (Lipinski definition) is 5. The number of piperidine rings is 1. The van der Waals surface area contributed by atoms with Gasteiger partial charge in [0.05, 0.1) is 12.2 Å². The zero-order valence-electron chi connectivity index (χ0n) is 19.4. The molecule has 0 radical (unpaired) electrons. The quantitative estimate of drug-likeness (QED) is 0.319. The summed E-state index contributed by atoms with van der Waals surface area (Å²) in [6, 6.07) is 13.9. The van der Waals surface area contributed by atoms with Gasteiger partial charge in [-0.2, -0.15) is 0 Å². The summed E-state index contributed by atoms with van der Waals surface area (Å²) >= 11 is 0. The number of esters is 1. The van der Waals surface area contributed by atoms with E-state index in [4.69, 9.17) is 4.74 Å². The van der Waals surface area contributed by atoms with E-state index < -0.39 is 0 Å². The van der Waals surface area contributed by atoms with Gasteiger partial charge >= 0.3 is 5.97 Å². The number of hydrogen-bond donors (Lipinski definition) is 2. The lowest BCUT2D eigenvalue weighted by Crippen LogP contribution is -2.29. The third-order valence-corrected chi connectivity index (χ3v) is 6.18. The molecule has 2 aromatic rings. The molecule has 2 heterocycles. The monoisotopic (exact) mass is 447 g/mol. The Kier molecular flexibility index (Phi) is 7.79. The van der Waals surface area contributed by atoms with Crippen molar-refractivity contribution < 1.29 is 14.3 Å². The maximum absolute atomic E-state index is 12.4. The number of carbonyl (C=O) groups is 2. The third kappa shape index (κ3) is 6.02. The van der Waals surface area contributed by atoms with E-state index in [0.717, 1.165) is 37.2 Å². The van der Waals surface area contributed by atoms with Crippen LogP contribution in [0.5, 0.6) is 0 Å². The number of amides is 1. The minimum absolute atomic E-state index is 0.122. The van der Waals surface area contributed by atoms with Gasteiger partial charge in [0.15, 0.2) is 0 Å². The van der Waals surface area contributed by atoms with E-state index in [-0.39, 0.29) is 11.9 Å². The molecule has 4 rings (SSSR count). The van der Waals surface area contributed by atoms with Gasteiger partial charge in [-0.1, -0.05) is 30.7 Å². The molecular weight excluding hydrogens is 414 g/mol. The highest BCUT2D eigenvalue weighted by atomic mass is 16.5. The Bertz CT molecular complexity index is 1010. The van der Waals surface area contributed by atoms with Gasteiger partial charge in [0.1, 0.15) is 0 Å². The second kappa shape index (κ2) is 11.1. The molecule has 2 aliphatic rings. The highest BCUT2D eigenvalue weighted by molar-refractivity contribution is 6.31. The summed E-state index contributed by atoms with van der Waals surface area (Å²) in [5.74, 6) is -0.499. The lowest BCUT2D eigenvalue weighted by atomic mass is 10.0. The Hall–Kier alpha value is -3.12. The fourth-order valence-corrected chi connectivity index (χ4v) is 4.42. The standard InChI is InChI=1S/C27H33N3O3/c1-2-33-27(32)21-11-14-23-24(26(31)29-25(23)18-21)8-4-5-15-28-22-12-9-20(10-13-22)19-30-16-6-3-7-17-30/h8-14,18,28H,2-7,15-17,19H2,1H3,(H,29,31). The number of likely N-dealkylation sites (tertiary alicyclic amines) is 1. The second-order valence-corrected chi connectivity index (χ2v) is 8.66. The molecule has 1 fully saturated rings. The van der Waals surface area contributed by atoms with Crippen LogP contribution in [0.15, 0.2) is 48.5 Å². The molecule has 0 aliphatic carbocycles. The predicted molar refractivity (Wildman–Crippen MR) is 132 cm³/mol. The van der Waals surface area contributed by atoms with Crippen LogP contribution in [0.1, 0.15) is 60.5 Å². The molecule has 174 valence electrons. The van der Waals surface area contributed by atoms with E-state index in [1.54, 1.807) is 19.1 Å². The van der Waals surface area contributed by atoms with E-state index >= 15 is 0 Å². The van der Waals surface area contributed by atoms with Crippen molar-refractivity contribution in [3.63, 3.8) is 0 Å². The first-order valence-electron chi connectivity index (χ1n) is 12.0. The number of benzene rings is 2. The smallest absolute Gasteiger partial charge is 0.338 e. The topological polar surface area (TPSA) is 70.7 Å². The van der Waals surface area contributed by atoms with Gasteiger partial charge in [0.2, 0.25) is 0 Å². The Labute approximate surface area is 196 Å². The van der Waals surface area contributed by atoms with Gasteiger partial charge in [-0.3, -0.25) is 9.69 Å². The summed E-state index contributed by atoms with van der Waals surface area (Å²) in [6.45, 7) is 6.40. The molecule has 0 unspecified atom stereocenters. The van der Waals surface area contributed by atoms with Crippen LogP contribution in [0, 0.1) is 0 Å². The number of ether oxygens (including phenoxy) is 1. The number of nitrogens with zero attached hydrogens (tertiary/aromatic N) is 1. The molecule has 2 aromatic carbocycles. The molecule has 33 heavy (non-hydrogen) atoms. The number of carbonyl (C=O) groups excluding carboxylic acids is 2. The zero-order valence-corrected chi connectivity index (χ0v) is 19.4. The molecule has 1 amide bonds. The van der Waals surface area contributed by atoms with Crippen molar-refractivity contribution in [3.8, 4) is 0 Å². The molecule has 0 bridgehead atoms. The van der Waals surface area contributed by atoms with Crippen LogP contribution < -0.4 is 10.6 Å². The van der Waals surface area contributed by atoms with E-state index in [0.29, 0.717) is 23.4 Å². The first kappa shape index (κ1) is 23.1. The molecule has 0 saturated carbocycles. The Balaban J connectivity index is 1.24. The predicted octanol–water partition coefficient (Wildman–Crippen LogP) is 5.08. The second-order valence-electron chi connectivity index (χ2n) is 8.66. The van der Waals surface area contributed by atoms with Crippen molar-refractivity contribution in [2.24, 2.45) is 0 Å². The number of fused-ring (bicyclic) bond motifs is 1. The third-order valence-electron chi connectivity index (χ3n) is 6.18. The van der Waals surface area contributed by atoms with Crippen molar-refractivity contribution in [1.29, 1.82) is 0 Å². The van der Waals surface area contributed by atoms with Crippen LogP contribution in [0.3, 0.4) is 0 Å². The van der Waals surface area contributed by atoms with Crippen LogP contribution >= 0.6 is 0 Å². The van der Waals surface area contributed by atoms with Gasteiger partial charge in [-0.05, 0) is 75.5 Å². The number of nitrogens with one attached hydrogen (secondary N) is 2. The Morgan fingerprint density at radius 2 is 1.91 bits per heavy atom. The zero-order chi connectivity index (χ0) is 23.0. The van der Waals surface area contributed by atoms with Crippen molar-refractivity contribution in [1.82, 2.24) is 4.90 Å². The number of allylic oxidation sites excluding steroid dienone is 1. The maximum atomic E-state index is 12.4. The highest BCUT2D eigenvalue weighted by Crippen LogP contribution is 2.33. The minimum atomic E-state index is -0.377. The van der Waals surface area contributed by atoms with Crippen molar-refractivity contribution >= 4 is 28.8 Å². The average Bonchev–Trinajstić information content (AvgIpc) is 3.15. The molecule has 6 heteroatoms. The SMILES string of the molecule is CCOC(=O)c1ccc2c(c1)NC(=O)C2=CCCCNc1ccc(CN2CCCCC2)cc1. The summed E-state index contributed by atoms with van der Waals surface area (Å²) in [4.78, 5) is 26.8. The normalized spacial score (nSPS) is 17.0. The summed E-state index contributed by atoms with van der Waals surface area (Å²) in [5.41, 5.74) is 5.11. The largest absolute Gasteiger partial charge is 0.462 e. The number of rotatable bonds is 9. The average molecular weight is 448 g/mol. The summed E-state index contributed by atoms with van der Waals surface area (Å²) in [6.07, 6.45) is 7.69. The Morgan fingerprint density at radius 1 is 1.12 bits per heavy atom. The minimum Gasteiger partial charge on any atom is -0.462 e. The van der Waals surface area contributed by atoms with Gasteiger partial charge in [0.25, 0.3) is 5.91 Å². The summed E-state index contributed by atoms with van der Waals surface area (Å²) in [5, 5.41) is 6.32. The number of anilines is 2. The first-order chi connectivity index (χ1) is 16.1. The summed E-state index contributed by atoms with van der Waals surface area (Å²) < 4.78 is 5.03. The fraction of sp³-hybridized carbons (Fsp3) is 0.407. The van der Waals surface area contributed by atoms with Crippen LogP contribution in [-0.4, -0.2) is 43.0 Å². The van der Waals surface area contributed by atoms with E-state index in [9.17, 15) is 9.59 Å². The van der Waals surface area contributed by atoms with E-state index in [1.807, 2.05) is 12.1 Å². The van der Waals surface area contributed by atoms with Crippen LogP contribution in [0.4, 0.5) is 11.4 Å². The molecule has 0 aromatic heterocycles. The van der Waals surface area contributed by atoms with Crippen LogP contribution in [-0.2, 0) is 16.1 Å². The fourth-order valence-electron chi connectivity index (χ4n) is 4.42. The lowest BCUT2D eigenvalue weighted by Gasteiger charge is -2.26. The molecular formula is C27H33N3O3. The van der Waals surface area contributed by atoms with Gasteiger partial charge in [-0.25, -0.2) is 4.79 Å². The van der Waals surface area contributed by atoms with E-state index in [1.165, 1.54) is 37.9 Å². The maximum Gasteiger partial charge on any atom is 0.338 e. The van der Waals surface area contributed by atoms with Crippen molar-refractivity contribution in [2.75, 3.05) is 36.9 Å². The molecule has 2 aliphatic heterocycles. The molecule has 0 atom stereocenters. The molecule has 6 nitrogen and oxygen atoms in total.